The molecule has 5 heteroatoms. The zero-order valence-electron chi connectivity index (χ0n) is 9.32. The Bertz CT molecular complexity index is 402. The van der Waals surface area contributed by atoms with E-state index in [-0.39, 0.29) is 11.5 Å². The lowest BCUT2D eigenvalue weighted by Crippen LogP contribution is -2.50. The van der Waals surface area contributed by atoms with Gasteiger partial charge in [0.25, 0.3) is 0 Å². The molecule has 16 heavy (non-hydrogen) atoms. The Balaban J connectivity index is 2.72. The second-order valence-corrected chi connectivity index (χ2v) is 4.16. The summed E-state index contributed by atoms with van der Waals surface area (Å²) in [5.41, 5.74) is 4.94. The first-order valence-electron chi connectivity index (χ1n) is 4.89. The molecule has 0 saturated carbocycles. The Hall–Kier alpha value is -1.75. The highest BCUT2D eigenvalue weighted by atomic mass is 16.3. The van der Waals surface area contributed by atoms with E-state index in [1.807, 2.05) is 0 Å². The molecule has 0 unspecified atom stereocenters. The number of hydrogen-bond acceptors (Lipinski definition) is 4. The predicted octanol–water partition coefficient (Wildman–Crippen LogP) is 0.451. The van der Waals surface area contributed by atoms with Crippen LogP contribution in [0.1, 0.15) is 19.4 Å². The van der Waals surface area contributed by atoms with Crippen molar-refractivity contribution in [3.63, 3.8) is 0 Å². The van der Waals surface area contributed by atoms with Crippen LogP contribution in [0.2, 0.25) is 0 Å². The van der Waals surface area contributed by atoms with Crippen molar-refractivity contribution >= 4 is 5.91 Å². The number of phenolic OH excluding ortho intramolecular Hbond substituents is 2. The molecule has 0 aromatic heterocycles. The summed E-state index contributed by atoms with van der Waals surface area (Å²) in [4.78, 5) is 11.0. The zero-order valence-corrected chi connectivity index (χ0v) is 9.32. The lowest BCUT2D eigenvalue weighted by Gasteiger charge is -2.22. The highest BCUT2D eigenvalue weighted by molar-refractivity contribution is 5.83. The number of rotatable bonds is 4. The predicted molar refractivity (Wildman–Crippen MR) is 59.9 cm³/mol. The minimum absolute atomic E-state index is 0.00425. The third kappa shape index (κ3) is 2.87. The molecule has 1 aromatic carbocycles. The summed E-state index contributed by atoms with van der Waals surface area (Å²) in [6.07, 6.45) is 0. The number of nitrogens with one attached hydrogen (secondary N) is 1. The van der Waals surface area contributed by atoms with Crippen molar-refractivity contribution in [3.05, 3.63) is 23.8 Å². The van der Waals surface area contributed by atoms with E-state index in [1.165, 1.54) is 12.1 Å². The number of aromatic hydroxyl groups is 2. The number of carbonyl (C=O) groups is 1. The summed E-state index contributed by atoms with van der Waals surface area (Å²) in [6, 6.07) is 4.29. The maximum Gasteiger partial charge on any atom is 0.237 e. The van der Waals surface area contributed by atoms with Crippen LogP contribution in [-0.2, 0) is 11.3 Å². The third-order valence-electron chi connectivity index (χ3n) is 2.41. The van der Waals surface area contributed by atoms with Gasteiger partial charge in [-0.05, 0) is 19.9 Å². The topological polar surface area (TPSA) is 95.6 Å². The van der Waals surface area contributed by atoms with Gasteiger partial charge in [-0.2, -0.15) is 0 Å². The Morgan fingerprint density at radius 3 is 2.56 bits per heavy atom. The molecular weight excluding hydrogens is 208 g/mol. The van der Waals surface area contributed by atoms with Crippen molar-refractivity contribution in [1.82, 2.24) is 5.32 Å². The largest absolute Gasteiger partial charge is 0.508 e. The van der Waals surface area contributed by atoms with Gasteiger partial charge in [-0.15, -0.1) is 0 Å². The first kappa shape index (κ1) is 12.3. The molecule has 88 valence electrons. The number of hydrogen-bond donors (Lipinski definition) is 4. The summed E-state index contributed by atoms with van der Waals surface area (Å²) in [6.45, 7) is 3.61. The van der Waals surface area contributed by atoms with E-state index in [1.54, 1.807) is 19.9 Å². The van der Waals surface area contributed by atoms with Gasteiger partial charge >= 0.3 is 0 Å². The smallest absolute Gasteiger partial charge is 0.237 e. The van der Waals surface area contributed by atoms with Crippen LogP contribution in [-0.4, -0.2) is 21.7 Å². The standard InChI is InChI=1S/C11H16N2O3/c1-11(2,10(12)16)13-6-7-3-4-8(14)5-9(7)15/h3-5,13-15H,6H2,1-2H3,(H2,12,16). The van der Waals surface area contributed by atoms with Gasteiger partial charge in [0.1, 0.15) is 11.5 Å². The summed E-state index contributed by atoms with van der Waals surface area (Å²) in [7, 11) is 0. The van der Waals surface area contributed by atoms with Gasteiger partial charge in [0.05, 0.1) is 5.54 Å². The van der Waals surface area contributed by atoms with Gasteiger partial charge in [-0.3, -0.25) is 10.1 Å². The quantitative estimate of drug-likeness (QED) is 0.597. The molecule has 0 saturated heterocycles. The number of carbonyl (C=O) groups excluding carboxylic acids is 1. The molecule has 1 aromatic rings. The Kier molecular flexibility index (Phi) is 3.39. The van der Waals surface area contributed by atoms with Crippen molar-refractivity contribution in [1.29, 1.82) is 0 Å². The monoisotopic (exact) mass is 224 g/mol. The molecule has 0 aliphatic rings. The van der Waals surface area contributed by atoms with Gasteiger partial charge in [-0.25, -0.2) is 0 Å². The second-order valence-electron chi connectivity index (χ2n) is 4.16. The van der Waals surface area contributed by atoms with Gasteiger partial charge in [0.15, 0.2) is 0 Å². The molecule has 0 atom stereocenters. The minimum Gasteiger partial charge on any atom is -0.508 e. The number of benzene rings is 1. The summed E-state index contributed by atoms with van der Waals surface area (Å²) < 4.78 is 0. The fourth-order valence-electron chi connectivity index (χ4n) is 1.11. The van der Waals surface area contributed by atoms with E-state index in [4.69, 9.17) is 10.8 Å². The van der Waals surface area contributed by atoms with Crippen molar-refractivity contribution < 1.29 is 15.0 Å². The van der Waals surface area contributed by atoms with Crippen molar-refractivity contribution in [2.45, 2.75) is 25.9 Å². The van der Waals surface area contributed by atoms with Crippen LogP contribution in [0, 0.1) is 0 Å². The van der Waals surface area contributed by atoms with Crippen LogP contribution in [0.15, 0.2) is 18.2 Å². The summed E-state index contributed by atoms with van der Waals surface area (Å²) >= 11 is 0. The fraction of sp³-hybridized carbons (Fsp3) is 0.364. The molecule has 1 amide bonds. The zero-order chi connectivity index (χ0) is 12.3. The Morgan fingerprint density at radius 2 is 2.06 bits per heavy atom. The summed E-state index contributed by atoms with van der Waals surface area (Å²) in [5, 5.41) is 21.5. The highest BCUT2D eigenvalue weighted by Crippen LogP contribution is 2.22. The van der Waals surface area contributed by atoms with E-state index in [0.29, 0.717) is 12.1 Å². The molecule has 1 rings (SSSR count). The number of amides is 1. The number of primary amides is 1. The lowest BCUT2D eigenvalue weighted by atomic mass is 10.0. The van der Waals surface area contributed by atoms with Crippen LogP contribution in [0.25, 0.3) is 0 Å². The lowest BCUT2D eigenvalue weighted by molar-refractivity contribution is -0.123. The highest BCUT2D eigenvalue weighted by Gasteiger charge is 2.23. The van der Waals surface area contributed by atoms with Crippen LogP contribution >= 0.6 is 0 Å². The van der Waals surface area contributed by atoms with E-state index in [2.05, 4.69) is 5.32 Å². The Morgan fingerprint density at radius 1 is 1.44 bits per heavy atom. The van der Waals surface area contributed by atoms with Crippen molar-refractivity contribution in [2.24, 2.45) is 5.73 Å². The fourth-order valence-corrected chi connectivity index (χ4v) is 1.11. The van der Waals surface area contributed by atoms with Gasteiger partial charge in [-0.1, -0.05) is 6.07 Å². The van der Waals surface area contributed by atoms with E-state index in [0.717, 1.165) is 0 Å². The van der Waals surface area contributed by atoms with Crippen LogP contribution in [0.4, 0.5) is 0 Å². The van der Waals surface area contributed by atoms with Gasteiger partial charge in [0, 0.05) is 18.2 Å². The first-order chi connectivity index (χ1) is 7.33. The normalized spacial score (nSPS) is 11.4. The van der Waals surface area contributed by atoms with E-state index < -0.39 is 11.4 Å². The molecule has 0 bridgehead atoms. The SMILES string of the molecule is CC(C)(NCc1ccc(O)cc1O)C(N)=O. The molecule has 0 fully saturated rings. The minimum atomic E-state index is -0.843. The molecule has 5 nitrogen and oxygen atoms in total. The van der Waals surface area contributed by atoms with Crippen molar-refractivity contribution in [2.75, 3.05) is 0 Å². The summed E-state index contributed by atoms with van der Waals surface area (Å²) in [5.74, 6) is -0.492. The van der Waals surface area contributed by atoms with E-state index in [9.17, 15) is 9.90 Å². The van der Waals surface area contributed by atoms with Crippen LogP contribution in [0.5, 0.6) is 11.5 Å². The Labute approximate surface area is 93.9 Å². The third-order valence-corrected chi connectivity index (χ3v) is 2.41. The average molecular weight is 224 g/mol. The van der Waals surface area contributed by atoms with E-state index >= 15 is 0 Å². The number of phenols is 2. The maximum atomic E-state index is 11.0. The van der Waals surface area contributed by atoms with Gasteiger partial charge < -0.3 is 15.9 Å². The number of nitrogens with two attached hydrogens (primary N) is 1. The molecule has 0 heterocycles. The van der Waals surface area contributed by atoms with Gasteiger partial charge in [0.2, 0.25) is 5.91 Å². The average Bonchev–Trinajstić information content (AvgIpc) is 2.16. The molecule has 0 aliphatic heterocycles. The first-order valence-corrected chi connectivity index (χ1v) is 4.89. The molecule has 0 aliphatic carbocycles. The second kappa shape index (κ2) is 4.40. The van der Waals surface area contributed by atoms with Crippen LogP contribution in [0.3, 0.4) is 0 Å². The maximum absolute atomic E-state index is 11.0. The van der Waals surface area contributed by atoms with Crippen LogP contribution < -0.4 is 11.1 Å². The molecule has 5 N–H and O–H groups in total. The molecular formula is C11H16N2O3. The molecule has 0 spiro atoms. The molecule has 0 radical (unpaired) electrons. The van der Waals surface area contributed by atoms with Crippen molar-refractivity contribution in [3.8, 4) is 11.5 Å².